The third-order valence-electron chi connectivity index (χ3n) is 2.15. The second-order valence-electron chi connectivity index (χ2n) is 3.31. The van der Waals surface area contributed by atoms with Gasteiger partial charge in [0.15, 0.2) is 0 Å². The van der Waals surface area contributed by atoms with E-state index in [-0.39, 0.29) is 35.7 Å². The molecule has 0 saturated heterocycles. The average Bonchev–Trinajstić information content (AvgIpc) is 1.97. The maximum atomic E-state index is 9.04. The van der Waals surface area contributed by atoms with Crippen molar-refractivity contribution in [2.45, 2.75) is 52.1 Å². The van der Waals surface area contributed by atoms with Crippen molar-refractivity contribution in [3.63, 3.8) is 0 Å². The van der Waals surface area contributed by atoms with Gasteiger partial charge in [-0.3, -0.25) is 0 Å². The molecular formula is C10H21NaO. The Bertz CT molecular complexity index is 83.9. The van der Waals surface area contributed by atoms with Crippen LogP contribution in [-0.2, 0) is 0 Å². The second kappa shape index (κ2) is 10.0. The number of hydrogen-bond donors (Lipinski definition) is 1. The van der Waals surface area contributed by atoms with E-state index in [1.807, 2.05) is 0 Å². The molecule has 68 valence electrons. The quantitative estimate of drug-likeness (QED) is 0.443. The summed E-state index contributed by atoms with van der Waals surface area (Å²) in [5.41, 5.74) is 0. The molecule has 0 aliphatic rings. The van der Waals surface area contributed by atoms with Gasteiger partial charge in [0.1, 0.15) is 0 Å². The summed E-state index contributed by atoms with van der Waals surface area (Å²) in [5.74, 6) is 0.683. The van der Waals surface area contributed by atoms with E-state index in [0.29, 0.717) is 5.92 Å². The summed E-state index contributed by atoms with van der Waals surface area (Å²) < 4.78 is 0. The Labute approximate surface area is 99.2 Å². The number of unbranched alkanes of at least 4 members (excludes halogenated alkanes) is 1. The SMILES string of the molecule is [CH2-]C(O)CC(CC)CCCC.[Na+]. The normalized spacial score (nSPS) is 15.0. The first-order valence-electron chi connectivity index (χ1n) is 4.71. The van der Waals surface area contributed by atoms with Crippen LogP contribution in [0.4, 0.5) is 0 Å². The van der Waals surface area contributed by atoms with E-state index in [1.165, 1.54) is 25.7 Å². The molecule has 0 fully saturated rings. The topological polar surface area (TPSA) is 20.2 Å². The van der Waals surface area contributed by atoms with Gasteiger partial charge >= 0.3 is 29.6 Å². The van der Waals surface area contributed by atoms with Crippen LogP contribution in [0.3, 0.4) is 0 Å². The van der Waals surface area contributed by atoms with Crippen LogP contribution in [0.25, 0.3) is 0 Å². The van der Waals surface area contributed by atoms with E-state index in [4.69, 9.17) is 5.11 Å². The maximum absolute atomic E-state index is 9.04. The smallest absolute Gasteiger partial charge is 0.425 e. The minimum Gasteiger partial charge on any atom is -0.425 e. The molecule has 2 unspecified atom stereocenters. The monoisotopic (exact) mass is 180 g/mol. The van der Waals surface area contributed by atoms with Crippen molar-refractivity contribution in [2.24, 2.45) is 5.92 Å². The van der Waals surface area contributed by atoms with Gasteiger partial charge in [-0.15, -0.1) is 0 Å². The summed E-state index contributed by atoms with van der Waals surface area (Å²) in [4.78, 5) is 0. The summed E-state index contributed by atoms with van der Waals surface area (Å²) in [6, 6.07) is 0. The molecule has 0 aromatic rings. The minimum absolute atomic E-state index is 0. The zero-order valence-electron chi connectivity index (χ0n) is 8.84. The summed E-state index contributed by atoms with van der Waals surface area (Å²) >= 11 is 0. The Morgan fingerprint density at radius 1 is 1.33 bits per heavy atom. The van der Waals surface area contributed by atoms with Crippen LogP contribution in [0, 0.1) is 12.8 Å². The zero-order chi connectivity index (χ0) is 8.69. The third-order valence-corrected chi connectivity index (χ3v) is 2.15. The number of hydrogen-bond acceptors (Lipinski definition) is 1. The minimum atomic E-state index is -0.364. The molecule has 0 radical (unpaired) electrons. The van der Waals surface area contributed by atoms with Crippen LogP contribution in [-0.4, -0.2) is 11.2 Å². The largest absolute Gasteiger partial charge is 1.00 e. The average molecular weight is 180 g/mol. The fraction of sp³-hybridized carbons (Fsp3) is 0.900. The van der Waals surface area contributed by atoms with Gasteiger partial charge in [-0.25, -0.2) is 0 Å². The van der Waals surface area contributed by atoms with Crippen LogP contribution in [0.2, 0.25) is 0 Å². The second-order valence-corrected chi connectivity index (χ2v) is 3.31. The Kier molecular flexibility index (Phi) is 12.9. The van der Waals surface area contributed by atoms with Crippen molar-refractivity contribution in [3.8, 4) is 0 Å². The molecule has 2 heteroatoms. The van der Waals surface area contributed by atoms with Gasteiger partial charge in [-0.2, -0.15) is 0 Å². The molecule has 0 rings (SSSR count). The summed E-state index contributed by atoms with van der Waals surface area (Å²) in [5, 5.41) is 9.04. The molecular weight excluding hydrogens is 159 g/mol. The number of rotatable bonds is 6. The van der Waals surface area contributed by atoms with Crippen LogP contribution in [0.5, 0.6) is 0 Å². The molecule has 0 spiro atoms. The molecule has 0 bridgehead atoms. The van der Waals surface area contributed by atoms with Crippen molar-refractivity contribution in [1.29, 1.82) is 0 Å². The van der Waals surface area contributed by atoms with Crippen LogP contribution in [0.1, 0.15) is 46.0 Å². The van der Waals surface area contributed by atoms with Crippen molar-refractivity contribution in [1.82, 2.24) is 0 Å². The van der Waals surface area contributed by atoms with Crippen LogP contribution >= 0.6 is 0 Å². The molecule has 0 aromatic heterocycles. The first kappa shape index (κ1) is 15.4. The molecule has 12 heavy (non-hydrogen) atoms. The third kappa shape index (κ3) is 9.05. The van der Waals surface area contributed by atoms with E-state index in [9.17, 15) is 0 Å². The molecule has 1 N–H and O–H groups in total. The van der Waals surface area contributed by atoms with Gasteiger partial charge < -0.3 is 12.0 Å². The first-order valence-corrected chi connectivity index (χ1v) is 4.71. The molecule has 2 atom stereocenters. The Balaban J connectivity index is 0. The maximum Gasteiger partial charge on any atom is 1.00 e. The van der Waals surface area contributed by atoms with Crippen LogP contribution < -0.4 is 29.6 Å². The number of aliphatic hydroxyl groups is 1. The summed E-state index contributed by atoms with van der Waals surface area (Å²) in [6.45, 7) is 7.97. The Hall–Kier alpha value is 0.960. The van der Waals surface area contributed by atoms with Gasteiger partial charge in [0.05, 0.1) is 0 Å². The van der Waals surface area contributed by atoms with Gasteiger partial charge in [-0.1, -0.05) is 52.1 Å². The first-order chi connectivity index (χ1) is 5.20. The summed E-state index contributed by atoms with van der Waals surface area (Å²) in [6.07, 6.45) is 5.47. The van der Waals surface area contributed by atoms with E-state index < -0.39 is 0 Å². The molecule has 0 heterocycles. The van der Waals surface area contributed by atoms with E-state index >= 15 is 0 Å². The molecule has 0 amide bonds. The molecule has 0 saturated carbocycles. The van der Waals surface area contributed by atoms with Crippen LogP contribution in [0.15, 0.2) is 0 Å². The van der Waals surface area contributed by atoms with Crippen molar-refractivity contribution in [2.75, 3.05) is 0 Å². The fourth-order valence-electron chi connectivity index (χ4n) is 1.37. The molecule has 1 nitrogen and oxygen atoms in total. The predicted molar refractivity (Wildman–Crippen MR) is 49.3 cm³/mol. The van der Waals surface area contributed by atoms with Gasteiger partial charge in [0, 0.05) is 0 Å². The zero-order valence-corrected chi connectivity index (χ0v) is 10.8. The summed E-state index contributed by atoms with van der Waals surface area (Å²) in [7, 11) is 0. The Morgan fingerprint density at radius 3 is 2.25 bits per heavy atom. The van der Waals surface area contributed by atoms with Gasteiger partial charge in [0.2, 0.25) is 0 Å². The number of aliphatic hydroxyl groups excluding tert-OH is 1. The Morgan fingerprint density at radius 2 is 1.92 bits per heavy atom. The molecule has 0 aliphatic heterocycles. The molecule has 0 aromatic carbocycles. The molecule has 0 aliphatic carbocycles. The van der Waals surface area contributed by atoms with E-state index in [2.05, 4.69) is 20.8 Å². The fourth-order valence-corrected chi connectivity index (χ4v) is 1.37. The van der Waals surface area contributed by atoms with Gasteiger partial charge in [-0.05, 0) is 5.92 Å². The standard InChI is InChI=1S/C10H21O.Na/c1-4-6-7-10(5-2)8-9(3)11;/h9-11H,3-8H2,1-2H3;/q-1;+1. The predicted octanol–water partition coefficient (Wildman–Crippen LogP) is -0.208. The van der Waals surface area contributed by atoms with E-state index in [1.54, 1.807) is 0 Å². The van der Waals surface area contributed by atoms with Gasteiger partial charge in [0.25, 0.3) is 0 Å². The van der Waals surface area contributed by atoms with Crippen molar-refractivity contribution in [3.05, 3.63) is 6.92 Å². The van der Waals surface area contributed by atoms with E-state index in [0.717, 1.165) is 6.42 Å². The van der Waals surface area contributed by atoms with Crippen molar-refractivity contribution < 1.29 is 34.7 Å². The van der Waals surface area contributed by atoms with Crippen molar-refractivity contribution >= 4 is 0 Å².